The van der Waals surface area contributed by atoms with Crippen LogP contribution in [0, 0.1) is 0 Å². The van der Waals surface area contributed by atoms with Crippen molar-refractivity contribution in [1.82, 2.24) is 4.98 Å². The minimum Gasteiger partial charge on any atom is -0.460 e. The second-order valence-corrected chi connectivity index (χ2v) is 3.08. The average molecular weight is 243 g/mol. The van der Waals surface area contributed by atoms with Crippen LogP contribution in [-0.2, 0) is 16.0 Å². The maximum Gasteiger partial charge on any atom is 0.323 e. The number of ether oxygens (including phenoxy) is 1. The molecule has 0 spiro atoms. The monoisotopic (exact) mass is 242 g/mol. The number of carbonyl (C=O) groups excluding carboxylic acids is 1. The SMILES string of the molecule is C=CCOC(=O)[C@@H](N)Cc1ccncc1.Cl. The first kappa shape index (κ1) is 14.6. The Balaban J connectivity index is 0.00000225. The first-order chi connectivity index (χ1) is 7.24. The molecule has 0 unspecified atom stereocenters. The fourth-order valence-corrected chi connectivity index (χ4v) is 1.10. The molecule has 0 aliphatic carbocycles. The lowest BCUT2D eigenvalue weighted by molar-refractivity contribution is -0.143. The molecule has 0 saturated carbocycles. The molecule has 1 atom stereocenters. The lowest BCUT2D eigenvalue weighted by atomic mass is 10.1. The van der Waals surface area contributed by atoms with Crippen LogP contribution in [0.5, 0.6) is 0 Å². The summed E-state index contributed by atoms with van der Waals surface area (Å²) in [5, 5.41) is 0. The molecule has 0 amide bonds. The smallest absolute Gasteiger partial charge is 0.323 e. The third kappa shape index (κ3) is 4.91. The van der Waals surface area contributed by atoms with Crippen molar-refractivity contribution in [3.8, 4) is 0 Å². The van der Waals surface area contributed by atoms with Crippen LogP contribution in [0.15, 0.2) is 37.2 Å². The summed E-state index contributed by atoms with van der Waals surface area (Å²) in [7, 11) is 0. The summed E-state index contributed by atoms with van der Waals surface area (Å²) in [6.45, 7) is 3.65. The summed E-state index contributed by atoms with van der Waals surface area (Å²) >= 11 is 0. The van der Waals surface area contributed by atoms with Crippen molar-refractivity contribution in [2.45, 2.75) is 12.5 Å². The normalized spacial score (nSPS) is 11.1. The highest BCUT2D eigenvalue weighted by atomic mass is 35.5. The van der Waals surface area contributed by atoms with Gasteiger partial charge in [-0.2, -0.15) is 0 Å². The molecule has 1 aromatic rings. The first-order valence-electron chi connectivity index (χ1n) is 4.66. The highest BCUT2D eigenvalue weighted by Gasteiger charge is 2.14. The van der Waals surface area contributed by atoms with Gasteiger partial charge in [-0.05, 0) is 24.1 Å². The predicted molar refractivity (Wildman–Crippen MR) is 64.3 cm³/mol. The predicted octanol–water partition coefficient (Wildman–Crippen LogP) is 1.10. The third-order valence-electron chi connectivity index (χ3n) is 1.85. The molecule has 0 radical (unpaired) electrons. The lowest BCUT2D eigenvalue weighted by Gasteiger charge is -2.09. The van der Waals surface area contributed by atoms with Crippen LogP contribution < -0.4 is 5.73 Å². The molecule has 16 heavy (non-hydrogen) atoms. The van der Waals surface area contributed by atoms with E-state index in [1.54, 1.807) is 12.4 Å². The molecule has 1 aromatic heterocycles. The van der Waals surface area contributed by atoms with Crippen LogP contribution in [0.2, 0.25) is 0 Å². The number of nitrogens with two attached hydrogens (primary N) is 1. The third-order valence-corrected chi connectivity index (χ3v) is 1.85. The Morgan fingerprint density at radius 1 is 1.56 bits per heavy atom. The Morgan fingerprint density at radius 2 is 2.19 bits per heavy atom. The largest absolute Gasteiger partial charge is 0.460 e. The number of carbonyl (C=O) groups is 1. The zero-order chi connectivity index (χ0) is 11.1. The minimum absolute atomic E-state index is 0. The fourth-order valence-electron chi connectivity index (χ4n) is 1.10. The highest BCUT2D eigenvalue weighted by Crippen LogP contribution is 2.01. The second kappa shape index (κ2) is 7.84. The van der Waals surface area contributed by atoms with Gasteiger partial charge in [0.05, 0.1) is 0 Å². The minimum atomic E-state index is -0.632. The van der Waals surface area contributed by atoms with Crippen LogP contribution in [-0.4, -0.2) is 23.6 Å². The van der Waals surface area contributed by atoms with Gasteiger partial charge in [0.2, 0.25) is 0 Å². The number of pyridine rings is 1. The lowest BCUT2D eigenvalue weighted by Crippen LogP contribution is -2.34. The van der Waals surface area contributed by atoms with E-state index >= 15 is 0 Å². The summed E-state index contributed by atoms with van der Waals surface area (Å²) < 4.78 is 4.83. The van der Waals surface area contributed by atoms with E-state index in [0.29, 0.717) is 6.42 Å². The molecule has 4 nitrogen and oxygen atoms in total. The van der Waals surface area contributed by atoms with E-state index in [-0.39, 0.29) is 19.0 Å². The summed E-state index contributed by atoms with van der Waals surface area (Å²) in [5.74, 6) is -0.410. The molecule has 0 saturated heterocycles. The van der Waals surface area contributed by atoms with Gasteiger partial charge in [0, 0.05) is 12.4 Å². The quantitative estimate of drug-likeness (QED) is 0.620. The Hall–Kier alpha value is -1.39. The van der Waals surface area contributed by atoms with Crippen molar-refractivity contribution in [3.63, 3.8) is 0 Å². The van der Waals surface area contributed by atoms with E-state index in [1.165, 1.54) is 6.08 Å². The van der Waals surface area contributed by atoms with E-state index in [0.717, 1.165) is 5.56 Å². The van der Waals surface area contributed by atoms with Crippen LogP contribution in [0.3, 0.4) is 0 Å². The highest BCUT2D eigenvalue weighted by molar-refractivity contribution is 5.85. The van der Waals surface area contributed by atoms with Gasteiger partial charge in [-0.3, -0.25) is 9.78 Å². The number of halogens is 1. The van der Waals surface area contributed by atoms with Gasteiger partial charge >= 0.3 is 5.97 Å². The van der Waals surface area contributed by atoms with Crippen LogP contribution >= 0.6 is 12.4 Å². The number of aromatic nitrogens is 1. The van der Waals surface area contributed by atoms with Crippen molar-refractivity contribution in [2.24, 2.45) is 5.73 Å². The van der Waals surface area contributed by atoms with Gasteiger partial charge in [0.25, 0.3) is 0 Å². The molecule has 0 aliphatic rings. The average Bonchev–Trinajstić information content (AvgIpc) is 2.27. The number of nitrogens with zero attached hydrogens (tertiary/aromatic N) is 1. The van der Waals surface area contributed by atoms with Gasteiger partial charge in [-0.25, -0.2) is 0 Å². The molecular weight excluding hydrogens is 228 g/mol. The number of hydrogen-bond acceptors (Lipinski definition) is 4. The second-order valence-electron chi connectivity index (χ2n) is 3.08. The van der Waals surface area contributed by atoms with Crippen molar-refractivity contribution in [1.29, 1.82) is 0 Å². The Kier molecular flexibility index (Phi) is 7.16. The maximum atomic E-state index is 11.3. The number of hydrogen-bond donors (Lipinski definition) is 1. The van der Waals surface area contributed by atoms with Crippen molar-refractivity contribution >= 4 is 18.4 Å². The zero-order valence-electron chi connectivity index (χ0n) is 8.83. The number of esters is 1. The van der Waals surface area contributed by atoms with E-state index in [2.05, 4.69) is 11.6 Å². The molecule has 5 heteroatoms. The van der Waals surface area contributed by atoms with Crippen LogP contribution in [0.4, 0.5) is 0 Å². The van der Waals surface area contributed by atoms with E-state index in [4.69, 9.17) is 10.5 Å². The molecule has 1 rings (SSSR count). The van der Waals surface area contributed by atoms with Gasteiger partial charge in [-0.15, -0.1) is 12.4 Å². The zero-order valence-corrected chi connectivity index (χ0v) is 9.65. The molecule has 1 heterocycles. The molecule has 2 N–H and O–H groups in total. The van der Waals surface area contributed by atoms with Crippen molar-refractivity contribution in [3.05, 3.63) is 42.7 Å². The Bertz CT molecular complexity index is 330. The summed E-state index contributed by atoms with van der Waals surface area (Å²) in [5.41, 5.74) is 6.63. The molecular formula is C11H15ClN2O2. The van der Waals surface area contributed by atoms with Gasteiger partial charge in [0.15, 0.2) is 0 Å². The number of rotatable bonds is 5. The summed E-state index contributed by atoms with van der Waals surface area (Å²) in [6, 6.07) is 3.01. The van der Waals surface area contributed by atoms with Crippen LogP contribution in [0.1, 0.15) is 5.56 Å². The van der Waals surface area contributed by atoms with Gasteiger partial charge in [-0.1, -0.05) is 12.7 Å². The Morgan fingerprint density at radius 3 is 2.75 bits per heavy atom. The standard InChI is InChI=1S/C11H14N2O2.ClH/c1-2-7-15-11(14)10(12)8-9-3-5-13-6-4-9;/h2-6,10H,1,7-8,12H2;1H/t10-;/m0./s1. The van der Waals surface area contributed by atoms with E-state index in [9.17, 15) is 4.79 Å². The summed E-state index contributed by atoms with van der Waals surface area (Å²) in [4.78, 5) is 15.2. The van der Waals surface area contributed by atoms with Gasteiger partial charge in [0.1, 0.15) is 12.6 Å². The molecule has 0 bridgehead atoms. The first-order valence-corrected chi connectivity index (χ1v) is 4.66. The maximum absolute atomic E-state index is 11.3. The van der Waals surface area contributed by atoms with Crippen molar-refractivity contribution in [2.75, 3.05) is 6.61 Å². The van der Waals surface area contributed by atoms with Crippen molar-refractivity contribution < 1.29 is 9.53 Å². The molecule has 88 valence electrons. The van der Waals surface area contributed by atoms with E-state index < -0.39 is 12.0 Å². The topological polar surface area (TPSA) is 65.2 Å². The molecule has 0 aliphatic heterocycles. The van der Waals surface area contributed by atoms with Gasteiger partial charge < -0.3 is 10.5 Å². The summed E-state index contributed by atoms with van der Waals surface area (Å²) in [6.07, 6.45) is 5.30. The Labute approximate surface area is 101 Å². The molecule has 0 fully saturated rings. The molecule has 0 aromatic carbocycles. The van der Waals surface area contributed by atoms with E-state index in [1.807, 2.05) is 12.1 Å². The van der Waals surface area contributed by atoms with Crippen LogP contribution in [0.25, 0.3) is 0 Å². The fraction of sp³-hybridized carbons (Fsp3) is 0.273.